The Bertz CT molecular complexity index is 1480. The Hall–Kier alpha value is -3.97. The lowest BCUT2D eigenvalue weighted by atomic mass is 10.0. The maximum atomic E-state index is 13.2. The molecule has 0 saturated heterocycles. The zero-order chi connectivity index (χ0) is 24.4. The second kappa shape index (κ2) is 9.49. The number of amides is 1. The van der Waals surface area contributed by atoms with Gasteiger partial charge in [-0.3, -0.25) is 14.4 Å². The molecular weight excluding hydrogens is 454 g/mol. The SMILES string of the molecule is COc1ccc(Cl)cc1NC(=O)Cn1cc(C(=O)c2ccc(C)cc2)c(=O)c2ccc(C)nc21. The highest BCUT2D eigenvalue weighted by atomic mass is 35.5. The van der Waals surface area contributed by atoms with E-state index in [1.54, 1.807) is 49.4 Å². The summed E-state index contributed by atoms with van der Waals surface area (Å²) in [4.78, 5) is 43.7. The Labute approximate surface area is 201 Å². The summed E-state index contributed by atoms with van der Waals surface area (Å²) in [5.74, 6) is -0.368. The molecule has 0 aliphatic heterocycles. The van der Waals surface area contributed by atoms with Gasteiger partial charge in [0.25, 0.3) is 0 Å². The van der Waals surface area contributed by atoms with Crippen molar-refractivity contribution in [2.24, 2.45) is 0 Å². The quantitative estimate of drug-likeness (QED) is 0.413. The van der Waals surface area contributed by atoms with Gasteiger partial charge < -0.3 is 14.6 Å². The first-order valence-electron chi connectivity index (χ1n) is 10.5. The molecule has 0 radical (unpaired) electrons. The second-order valence-electron chi connectivity index (χ2n) is 7.91. The molecule has 0 bridgehead atoms. The van der Waals surface area contributed by atoms with E-state index in [-0.39, 0.29) is 17.5 Å². The number of hydrogen-bond acceptors (Lipinski definition) is 5. The fourth-order valence-corrected chi connectivity index (χ4v) is 3.80. The van der Waals surface area contributed by atoms with Crippen LogP contribution in [0.5, 0.6) is 5.75 Å². The molecule has 34 heavy (non-hydrogen) atoms. The monoisotopic (exact) mass is 475 g/mol. The molecule has 4 aromatic rings. The third-order valence-electron chi connectivity index (χ3n) is 5.37. The number of ether oxygens (including phenoxy) is 1. The van der Waals surface area contributed by atoms with E-state index in [1.807, 2.05) is 19.1 Å². The van der Waals surface area contributed by atoms with Gasteiger partial charge in [-0.1, -0.05) is 41.4 Å². The predicted molar refractivity (Wildman–Crippen MR) is 132 cm³/mol. The molecule has 8 heteroatoms. The van der Waals surface area contributed by atoms with Gasteiger partial charge in [-0.25, -0.2) is 4.98 Å². The normalized spacial score (nSPS) is 10.8. The number of nitrogens with zero attached hydrogens (tertiary/aromatic N) is 2. The number of aryl methyl sites for hydroxylation is 2. The van der Waals surface area contributed by atoms with Gasteiger partial charge in [0.1, 0.15) is 17.9 Å². The first kappa shape index (κ1) is 23.2. The van der Waals surface area contributed by atoms with E-state index in [2.05, 4.69) is 10.3 Å². The summed E-state index contributed by atoms with van der Waals surface area (Å²) in [6.07, 6.45) is 1.40. The second-order valence-corrected chi connectivity index (χ2v) is 8.35. The summed E-state index contributed by atoms with van der Waals surface area (Å²) in [7, 11) is 1.49. The van der Waals surface area contributed by atoms with Crippen molar-refractivity contribution in [2.75, 3.05) is 12.4 Å². The number of nitrogens with one attached hydrogen (secondary N) is 1. The van der Waals surface area contributed by atoms with Crippen molar-refractivity contribution >= 4 is 40.0 Å². The fraction of sp³-hybridized carbons (Fsp3) is 0.154. The number of halogens is 1. The molecular formula is C26H22ClN3O4. The molecule has 0 aliphatic rings. The van der Waals surface area contributed by atoms with Gasteiger partial charge in [-0.2, -0.15) is 0 Å². The van der Waals surface area contributed by atoms with Crippen molar-refractivity contribution in [3.05, 3.63) is 98.4 Å². The molecule has 0 spiro atoms. The maximum Gasteiger partial charge on any atom is 0.244 e. The number of methoxy groups -OCH3 is 1. The topological polar surface area (TPSA) is 90.3 Å². The van der Waals surface area contributed by atoms with Gasteiger partial charge in [-0.05, 0) is 44.2 Å². The Balaban J connectivity index is 1.76. The molecule has 0 fully saturated rings. The van der Waals surface area contributed by atoms with Crippen LogP contribution >= 0.6 is 11.6 Å². The van der Waals surface area contributed by atoms with Crippen LogP contribution in [-0.2, 0) is 11.3 Å². The molecule has 2 aromatic heterocycles. The predicted octanol–water partition coefficient (Wildman–Crippen LogP) is 4.55. The molecule has 0 atom stereocenters. The van der Waals surface area contributed by atoms with E-state index >= 15 is 0 Å². The lowest BCUT2D eigenvalue weighted by Gasteiger charge is -2.14. The van der Waals surface area contributed by atoms with Gasteiger partial charge >= 0.3 is 0 Å². The highest BCUT2D eigenvalue weighted by Gasteiger charge is 2.19. The zero-order valence-corrected chi connectivity index (χ0v) is 19.6. The molecule has 0 unspecified atom stereocenters. The maximum absolute atomic E-state index is 13.2. The summed E-state index contributed by atoms with van der Waals surface area (Å²) < 4.78 is 6.79. The van der Waals surface area contributed by atoms with E-state index in [4.69, 9.17) is 16.3 Å². The van der Waals surface area contributed by atoms with Crippen molar-refractivity contribution in [2.45, 2.75) is 20.4 Å². The van der Waals surface area contributed by atoms with Crippen molar-refractivity contribution in [3.63, 3.8) is 0 Å². The van der Waals surface area contributed by atoms with Crippen molar-refractivity contribution in [1.29, 1.82) is 0 Å². The fourth-order valence-electron chi connectivity index (χ4n) is 3.62. The molecule has 0 aliphatic carbocycles. The first-order valence-corrected chi connectivity index (χ1v) is 10.9. The van der Waals surface area contributed by atoms with Crippen LogP contribution in [0.25, 0.3) is 11.0 Å². The lowest BCUT2D eigenvalue weighted by Crippen LogP contribution is -2.25. The van der Waals surface area contributed by atoms with Crippen LogP contribution in [0.3, 0.4) is 0 Å². The Morgan fingerprint density at radius 3 is 2.50 bits per heavy atom. The number of anilines is 1. The number of benzene rings is 2. The summed E-state index contributed by atoms with van der Waals surface area (Å²) in [6, 6.07) is 15.2. The van der Waals surface area contributed by atoms with E-state index in [9.17, 15) is 14.4 Å². The lowest BCUT2D eigenvalue weighted by molar-refractivity contribution is -0.116. The number of rotatable bonds is 6. The average Bonchev–Trinajstić information content (AvgIpc) is 2.81. The summed E-state index contributed by atoms with van der Waals surface area (Å²) in [5, 5.41) is 3.47. The van der Waals surface area contributed by atoms with Crippen LogP contribution in [0.15, 0.2) is 65.6 Å². The molecule has 0 saturated carbocycles. The third-order valence-corrected chi connectivity index (χ3v) is 5.60. The van der Waals surface area contributed by atoms with Crippen molar-refractivity contribution in [3.8, 4) is 5.75 Å². The summed E-state index contributed by atoms with van der Waals surface area (Å²) in [6.45, 7) is 3.52. The number of carbonyl (C=O) groups excluding carboxylic acids is 2. The van der Waals surface area contributed by atoms with Gasteiger partial charge in [0.05, 0.1) is 23.7 Å². The number of pyridine rings is 2. The van der Waals surface area contributed by atoms with Crippen LogP contribution in [0, 0.1) is 13.8 Å². The van der Waals surface area contributed by atoms with Gasteiger partial charge in [0.2, 0.25) is 11.3 Å². The minimum Gasteiger partial charge on any atom is -0.495 e. The van der Waals surface area contributed by atoms with E-state index in [0.717, 1.165) is 5.56 Å². The van der Waals surface area contributed by atoms with Crippen LogP contribution in [0.2, 0.25) is 5.02 Å². The van der Waals surface area contributed by atoms with Crippen LogP contribution < -0.4 is 15.5 Å². The number of ketones is 1. The van der Waals surface area contributed by atoms with E-state index < -0.39 is 17.1 Å². The standard InChI is InChI=1S/C26H22ClN3O4/c1-15-4-7-17(8-5-15)24(32)20-13-30(26-19(25(20)33)10-6-16(2)28-26)14-23(31)29-21-12-18(27)9-11-22(21)34-3/h4-13H,14H2,1-3H3,(H,29,31). The molecule has 7 nitrogen and oxygen atoms in total. The molecule has 2 heterocycles. The Morgan fingerprint density at radius 2 is 1.79 bits per heavy atom. The smallest absolute Gasteiger partial charge is 0.244 e. The minimum absolute atomic E-state index is 0.0323. The van der Waals surface area contributed by atoms with Crippen molar-refractivity contribution in [1.82, 2.24) is 9.55 Å². The Kier molecular flexibility index (Phi) is 6.47. The van der Waals surface area contributed by atoms with Gasteiger partial charge in [0.15, 0.2) is 5.78 Å². The molecule has 1 amide bonds. The third kappa shape index (κ3) is 4.70. The first-order chi connectivity index (χ1) is 16.3. The molecule has 172 valence electrons. The largest absolute Gasteiger partial charge is 0.495 e. The van der Waals surface area contributed by atoms with Crippen LogP contribution in [-0.4, -0.2) is 28.4 Å². The number of fused-ring (bicyclic) bond motifs is 1. The van der Waals surface area contributed by atoms with Crippen molar-refractivity contribution < 1.29 is 14.3 Å². The average molecular weight is 476 g/mol. The summed E-state index contributed by atoms with van der Waals surface area (Å²) in [5.41, 5.74) is 2.33. The molecule has 4 rings (SSSR count). The van der Waals surface area contributed by atoms with Crippen LogP contribution in [0.1, 0.15) is 27.2 Å². The molecule has 2 aromatic carbocycles. The number of carbonyl (C=O) groups is 2. The van der Waals surface area contributed by atoms with Gasteiger partial charge in [-0.15, -0.1) is 0 Å². The zero-order valence-electron chi connectivity index (χ0n) is 18.9. The number of aromatic nitrogens is 2. The highest BCUT2D eigenvalue weighted by Crippen LogP contribution is 2.27. The van der Waals surface area contributed by atoms with E-state index in [1.165, 1.54) is 17.9 Å². The summed E-state index contributed by atoms with van der Waals surface area (Å²) >= 11 is 6.06. The van der Waals surface area contributed by atoms with Crippen LogP contribution in [0.4, 0.5) is 5.69 Å². The number of hydrogen-bond donors (Lipinski definition) is 1. The highest BCUT2D eigenvalue weighted by molar-refractivity contribution is 6.31. The molecule has 1 N–H and O–H groups in total. The van der Waals surface area contributed by atoms with Gasteiger partial charge in [0, 0.05) is 22.5 Å². The Morgan fingerprint density at radius 1 is 1.06 bits per heavy atom. The van der Waals surface area contributed by atoms with E-state index in [0.29, 0.717) is 33.4 Å². The minimum atomic E-state index is -0.429.